The van der Waals surface area contributed by atoms with E-state index in [4.69, 9.17) is 9.15 Å². The SMILES string of the molecule is COc1cc(Br)cc(NC(C)CCc2ccco2)c1. The van der Waals surface area contributed by atoms with E-state index in [9.17, 15) is 0 Å². The number of halogens is 1. The van der Waals surface area contributed by atoms with Gasteiger partial charge in [0, 0.05) is 28.7 Å². The van der Waals surface area contributed by atoms with Crippen molar-refractivity contribution in [1.29, 1.82) is 0 Å². The van der Waals surface area contributed by atoms with Crippen LogP contribution in [0.4, 0.5) is 5.69 Å². The summed E-state index contributed by atoms with van der Waals surface area (Å²) in [4.78, 5) is 0. The second kappa shape index (κ2) is 6.66. The normalized spacial score (nSPS) is 12.2. The molecule has 0 amide bonds. The van der Waals surface area contributed by atoms with Crippen LogP contribution < -0.4 is 10.1 Å². The zero-order chi connectivity index (χ0) is 13.7. The smallest absolute Gasteiger partial charge is 0.122 e. The number of benzene rings is 1. The van der Waals surface area contributed by atoms with Gasteiger partial charge in [0.05, 0.1) is 13.4 Å². The lowest BCUT2D eigenvalue weighted by atomic mass is 10.1. The first-order valence-electron chi connectivity index (χ1n) is 6.31. The molecule has 0 aliphatic rings. The molecule has 0 saturated carbocycles. The van der Waals surface area contributed by atoms with Crippen molar-refractivity contribution >= 4 is 21.6 Å². The zero-order valence-corrected chi connectivity index (χ0v) is 12.7. The summed E-state index contributed by atoms with van der Waals surface area (Å²) in [6.45, 7) is 2.16. The lowest BCUT2D eigenvalue weighted by Crippen LogP contribution is -2.15. The van der Waals surface area contributed by atoms with Gasteiger partial charge in [-0.2, -0.15) is 0 Å². The molecule has 1 aromatic carbocycles. The van der Waals surface area contributed by atoms with Crippen molar-refractivity contribution in [2.45, 2.75) is 25.8 Å². The van der Waals surface area contributed by atoms with Gasteiger partial charge in [-0.3, -0.25) is 0 Å². The molecule has 0 saturated heterocycles. The Morgan fingerprint density at radius 2 is 2.21 bits per heavy atom. The number of ether oxygens (including phenoxy) is 1. The van der Waals surface area contributed by atoms with Gasteiger partial charge in [0.1, 0.15) is 11.5 Å². The van der Waals surface area contributed by atoms with Crippen LogP contribution in [0.25, 0.3) is 0 Å². The van der Waals surface area contributed by atoms with Gasteiger partial charge in [-0.25, -0.2) is 0 Å². The molecular weight excluding hydrogens is 306 g/mol. The van der Waals surface area contributed by atoms with Crippen molar-refractivity contribution < 1.29 is 9.15 Å². The third-order valence-electron chi connectivity index (χ3n) is 2.92. The van der Waals surface area contributed by atoms with Crippen molar-refractivity contribution in [3.63, 3.8) is 0 Å². The van der Waals surface area contributed by atoms with Gasteiger partial charge in [-0.15, -0.1) is 0 Å². The van der Waals surface area contributed by atoms with Crippen LogP contribution in [0, 0.1) is 0 Å². The average Bonchev–Trinajstić information content (AvgIpc) is 2.88. The molecule has 1 N–H and O–H groups in total. The summed E-state index contributed by atoms with van der Waals surface area (Å²) in [5.74, 6) is 1.87. The lowest BCUT2D eigenvalue weighted by Gasteiger charge is -2.15. The molecule has 102 valence electrons. The number of rotatable bonds is 6. The van der Waals surface area contributed by atoms with E-state index >= 15 is 0 Å². The lowest BCUT2D eigenvalue weighted by molar-refractivity contribution is 0.414. The quantitative estimate of drug-likeness (QED) is 0.850. The molecule has 0 aliphatic heterocycles. The number of furan rings is 1. The number of hydrogen-bond acceptors (Lipinski definition) is 3. The molecule has 0 bridgehead atoms. The van der Waals surface area contributed by atoms with Crippen LogP contribution in [-0.2, 0) is 6.42 Å². The molecular formula is C15H18BrNO2. The first-order valence-corrected chi connectivity index (χ1v) is 7.10. The molecule has 1 unspecified atom stereocenters. The molecule has 2 aromatic rings. The fourth-order valence-corrected chi connectivity index (χ4v) is 2.41. The molecule has 1 aromatic heterocycles. The first-order chi connectivity index (χ1) is 9.17. The molecule has 0 spiro atoms. The Balaban J connectivity index is 1.91. The first kappa shape index (κ1) is 14.0. The Bertz CT molecular complexity index is 511. The highest BCUT2D eigenvalue weighted by Crippen LogP contribution is 2.25. The van der Waals surface area contributed by atoms with E-state index in [1.807, 2.05) is 30.3 Å². The number of anilines is 1. The van der Waals surface area contributed by atoms with Crippen LogP contribution in [0.3, 0.4) is 0 Å². The Hall–Kier alpha value is -1.42. The second-order valence-corrected chi connectivity index (χ2v) is 5.46. The molecule has 3 nitrogen and oxygen atoms in total. The number of nitrogens with one attached hydrogen (secondary N) is 1. The Morgan fingerprint density at radius 3 is 2.89 bits per heavy atom. The van der Waals surface area contributed by atoms with Crippen molar-refractivity contribution in [1.82, 2.24) is 0 Å². The van der Waals surface area contributed by atoms with Crippen LogP contribution in [0.5, 0.6) is 5.75 Å². The summed E-state index contributed by atoms with van der Waals surface area (Å²) in [7, 11) is 1.67. The minimum absolute atomic E-state index is 0.365. The number of hydrogen-bond donors (Lipinski definition) is 1. The molecule has 1 atom stereocenters. The maximum Gasteiger partial charge on any atom is 0.122 e. The molecule has 0 radical (unpaired) electrons. The Kier molecular flexibility index (Phi) is 4.91. The number of methoxy groups -OCH3 is 1. The van der Waals surface area contributed by atoms with Crippen LogP contribution in [0.1, 0.15) is 19.1 Å². The highest BCUT2D eigenvalue weighted by Gasteiger charge is 2.06. The van der Waals surface area contributed by atoms with Gasteiger partial charge < -0.3 is 14.5 Å². The van der Waals surface area contributed by atoms with E-state index in [2.05, 4.69) is 28.2 Å². The second-order valence-electron chi connectivity index (χ2n) is 4.54. The van der Waals surface area contributed by atoms with E-state index in [0.717, 1.165) is 34.5 Å². The van der Waals surface area contributed by atoms with Gasteiger partial charge in [0.2, 0.25) is 0 Å². The number of aryl methyl sites for hydroxylation is 1. The van der Waals surface area contributed by atoms with E-state index in [0.29, 0.717) is 6.04 Å². The van der Waals surface area contributed by atoms with E-state index < -0.39 is 0 Å². The molecule has 1 heterocycles. The van der Waals surface area contributed by atoms with Crippen LogP contribution in [0.2, 0.25) is 0 Å². The van der Waals surface area contributed by atoms with E-state index in [1.165, 1.54) is 0 Å². The third kappa shape index (κ3) is 4.31. The highest BCUT2D eigenvalue weighted by atomic mass is 79.9. The minimum atomic E-state index is 0.365. The highest BCUT2D eigenvalue weighted by molar-refractivity contribution is 9.10. The standard InChI is InChI=1S/C15H18BrNO2/c1-11(5-6-14-4-3-7-19-14)17-13-8-12(16)9-15(10-13)18-2/h3-4,7-11,17H,5-6H2,1-2H3. The summed E-state index contributed by atoms with van der Waals surface area (Å²) >= 11 is 3.48. The Labute approximate surface area is 122 Å². The molecule has 2 rings (SSSR count). The maximum absolute atomic E-state index is 5.33. The van der Waals surface area contributed by atoms with Crippen molar-refractivity contribution in [2.24, 2.45) is 0 Å². The summed E-state index contributed by atoms with van der Waals surface area (Å²) in [6.07, 6.45) is 3.67. The molecule has 0 fully saturated rings. The molecule has 4 heteroatoms. The summed E-state index contributed by atoms with van der Waals surface area (Å²) in [5.41, 5.74) is 1.05. The fraction of sp³-hybridized carbons (Fsp3) is 0.333. The van der Waals surface area contributed by atoms with E-state index in [1.54, 1.807) is 13.4 Å². The molecule has 0 aliphatic carbocycles. The van der Waals surface area contributed by atoms with Gasteiger partial charge >= 0.3 is 0 Å². The van der Waals surface area contributed by atoms with Gasteiger partial charge in [0.25, 0.3) is 0 Å². The zero-order valence-electron chi connectivity index (χ0n) is 11.2. The van der Waals surface area contributed by atoms with Crippen molar-refractivity contribution in [2.75, 3.05) is 12.4 Å². The predicted octanol–water partition coefficient (Wildman–Crippen LogP) is 4.48. The summed E-state index contributed by atoms with van der Waals surface area (Å²) < 4.78 is 11.6. The van der Waals surface area contributed by atoms with E-state index in [-0.39, 0.29) is 0 Å². The van der Waals surface area contributed by atoms with Gasteiger partial charge in [-0.05, 0) is 37.6 Å². The molecule has 19 heavy (non-hydrogen) atoms. The topological polar surface area (TPSA) is 34.4 Å². The predicted molar refractivity (Wildman–Crippen MR) is 80.8 cm³/mol. The Morgan fingerprint density at radius 1 is 1.37 bits per heavy atom. The van der Waals surface area contributed by atoms with Gasteiger partial charge in [-0.1, -0.05) is 15.9 Å². The van der Waals surface area contributed by atoms with Gasteiger partial charge in [0.15, 0.2) is 0 Å². The minimum Gasteiger partial charge on any atom is -0.497 e. The van der Waals surface area contributed by atoms with Crippen LogP contribution in [0.15, 0.2) is 45.5 Å². The fourth-order valence-electron chi connectivity index (χ4n) is 1.93. The summed E-state index contributed by atoms with van der Waals surface area (Å²) in [6, 6.07) is 10.3. The van der Waals surface area contributed by atoms with Crippen LogP contribution >= 0.6 is 15.9 Å². The largest absolute Gasteiger partial charge is 0.497 e. The van der Waals surface area contributed by atoms with Crippen LogP contribution in [-0.4, -0.2) is 13.2 Å². The van der Waals surface area contributed by atoms with Crippen molar-refractivity contribution in [3.05, 3.63) is 46.8 Å². The maximum atomic E-state index is 5.33. The van der Waals surface area contributed by atoms with Crippen molar-refractivity contribution in [3.8, 4) is 5.75 Å². The summed E-state index contributed by atoms with van der Waals surface area (Å²) in [5, 5.41) is 3.47. The monoisotopic (exact) mass is 323 g/mol. The third-order valence-corrected chi connectivity index (χ3v) is 3.38. The average molecular weight is 324 g/mol.